The van der Waals surface area contributed by atoms with Crippen LogP contribution in [0.2, 0.25) is 0 Å². The molecule has 1 amide bonds. The smallest absolute Gasteiger partial charge is 0.316 e. The van der Waals surface area contributed by atoms with Gasteiger partial charge in [-0.3, -0.25) is 9.48 Å². The number of aryl methyl sites for hydroxylation is 1. The van der Waals surface area contributed by atoms with E-state index in [4.69, 9.17) is 9.47 Å². The maximum atomic E-state index is 12.9. The van der Waals surface area contributed by atoms with Crippen LogP contribution in [-0.4, -0.2) is 44.9 Å². The molecule has 9 heteroatoms. The molecule has 3 aromatic rings. The predicted molar refractivity (Wildman–Crippen MR) is 111 cm³/mol. The normalized spacial score (nSPS) is 18.4. The van der Waals surface area contributed by atoms with E-state index in [0.29, 0.717) is 17.1 Å². The Kier molecular flexibility index (Phi) is 6.11. The number of para-hydroxylation sites is 1. The van der Waals surface area contributed by atoms with E-state index in [1.54, 1.807) is 24.9 Å². The number of benzene rings is 1. The zero-order valence-electron chi connectivity index (χ0n) is 17.4. The zero-order chi connectivity index (χ0) is 21.8. The monoisotopic (exact) mass is 425 g/mol. The number of nitrogens with zero attached hydrogens (tertiary/aromatic N) is 4. The van der Waals surface area contributed by atoms with Crippen molar-refractivity contribution >= 4 is 5.91 Å². The van der Waals surface area contributed by atoms with E-state index in [9.17, 15) is 9.18 Å². The summed E-state index contributed by atoms with van der Waals surface area (Å²) in [5, 5.41) is 7.58. The summed E-state index contributed by atoms with van der Waals surface area (Å²) in [6.07, 6.45) is 5.17. The van der Waals surface area contributed by atoms with Crippen LogP contribution in [0.15, 0.2) is 42.7 Å². The molecule has 0 aliphatic heterocycles. The molecule has 0 saturated heterocycles. The fourth-order valence-electron chi connectivity index (χ4n) is 3.76. The van der Waals surface area contributed by atoms with Gasteiger partial charge in [0.1, 0.15) is 17.5 Å². The van der Waals surface area contributed by atoms with E-state index >= 15 is 0 Å². The molecule has 2 aromatic heterocycles. The number of rotatable bonds is 6. The molecule has 0 atom stereocenters. The highest BCUT2D eigenvalue weighted by molar-refractivity contribution is 5.94. The van der Waals surface area contributed by atoms with Gasteiger partial charge in [-0.15, -0.1) is 0 Å². The molecule has 31 heavy (non-hydrogen) atoms. The van der Waals surface area contributed by atoms with Gasteiger partial charge in [-0.2, -0.15) is 5.10 Å². The van der Waals surface area contributed by atoms with Crippen molar-refractivity contribution in [1.29, 1.82) is 0 Å². The number of methoxy groups -OCH3 is 1. The lowest BCUT2D eigenvalue weighted by Gasteiger charge is -2.28. The van der Waals surface area contributed by atoms with Gasteiger partial charge in [0.2, 0.25) is 0 Å². The molecule has 2 heterocycles. The number of hydrogen-bond donors (Lipinski definition) is 1. The lowest BCUT2D eigenvalue weighted by Crippen LogP contribution is -2.40. The topological polar surface area (TPSA) is 91.2 Å². The van der Waals surface area contributed by atoms with Crippen LogP contribution in [0.3, 0.4) is 0 Å². The number of carbonyl (C=O) groups excluding carboxylic acids is 1. The van der Waals surface area contributed by atoms with Crippen molar-refractivity contribution in [3.8, 4) is 23.0 Å². The van der Waals surface area contributed by atoms with Crippen molar-refractivity contribution in [1.82, 2.24) is 25.1 Å². The number of carbonyl (C=O) groups is 1. The van der Waals surface area contributed by atoms with Gasteiger partial charge in [0, 0.05) is 18.7 Å². The van der Waals surface area contributed by atoms with Crippen LogP contribution in [0.1, 0.15) is 36.2 Å². The Bertz CT molecular complexity index is 1050. The fraction of sp³-hybridized carbons (Fsp3) is 0.364. The third-order valence-corrected chi connectivity index (χ3v) is 5.37. The van der Waals surface area contributed by atoms with Crippen LogP contribution in [0.25, 0.3) is 11.3 Å². The molecule has 1 aromatic carbocycles. The van der Waals surface area contributed by atoms with Crippen molar-refractivity contribution in [3.05, 3.63) is 54.2 Å². The highest BCUT2D eigenvalue weighted by Crippen LogP contribution is 2.29. The number of ether oxygens (including phenoxy) is 2. The van der Waals surface area contributed by atoms with E-state index in [-0.39, 0.29) is 24.1 Å². The van der Waals surface area contributed by atoms with E-state index < -0.39 is 5.82 Å². The highest BCUT2D eigenvalue weighted by atomic mass is 19.1. The van der Waals surface area contributed by atoms with Crippen LogP contribution in [0, 0.1) is 5.82 Å². The van der Waals surface area contributed by atoms with Crippen LogP contribution in [0.5, 0.6) is 11.8 Å². The third-order valence-electron chi connectivity index (χ3n) is 5.37. The summed E-state index contributed by atoms with van der Waals surface area (Å²) in [7, 11) is 3.36. The number of nitrogens with one attached hydrogen (secondary N) is 1. The lowest BCUT2D eigenvalue weighted by molar-refractivity contribution is 0.0876. The Balaban J connectivity index is 1.35. The lowest BCUT2D eigenvalue weighted by atomic mass is 9.93. The molecule has 1 fully saturated rings. The van der Waals surface area contributed by atoms with Gasteiger partial charge in [0.25, 0.3) is 5.91 Å². The largest absolute Gasteiger partial charge is 0.496 e. The molecule has 0 bridgehead atoms. The molecule has 0 radical (unpaired) electrons. The van der Waals surface area contributed by atoms with Gasteiger partial charge >= 0.3 is 6.01 Å². The second-order valence-electron chi connectivity index (χ2n) is 7.49. The summed E-state index contributed by atoms with van der Waals surface area (Å²) in [6, 6.07) is 9.56. The molecular weight excluding hydrogens is 401 g/mol. The summed E-state index contributed by atoms with van der Waals surface area (Å²) < 4.78 is 25.6. The summed E-state index contributed by atoms with van der Waals surface area (Å²) in [6.45, 7) is 0. The molecule has 162 valence electrons. The van der Waals surface area contributed by atoms with Crippen molar-refractivity contribution in [2.75, 3.05) is 7.11 Å². The first kappa shape index (κ1) is 20.8. The quantitative estimate of drug-likeness (QED) is 0.652. The second-order valence-corrected chi connectivity index (χ2v) is 7.49. The molecular formula is C22H24FN5O3. The van der Waals surface area contributed by atoms with Crippen molar-refractivity contribution in [3.63, 3.8) is 0 Å². The Labute approximate surface area is 179 Å². The number of halogens is 1. The number of hydrogen-bond acceptors (Lipinski definition) is 6. The average molecular weight is 425 g/mol. The molecule has 1 aliphatic carbocycles. The van der Waals surface area contributed by atoms with Gasteiger partial charge < -0.3 is 14.8 Å². The standard InChI is InChI=1S/C22H24FN5O3/c1-28-19(11-18(27-28)17-5-3-4-6-20(17)30-2)21(29)26-15-7-9-16(10-8-15)31-22-24-12-14(23)13-25-22/h3-6,11-13,15-16H,7-10H2,1-2H3,(H,26,29). The number of aromatic nitrogens is 4. The van der Waals surface area contributed by atoms with Crippen molar-refractivity contribution in [2.45, 2.75) is 37.8 Å². The molecule has 0 unspecified atom stereocenters. The fourth-order valence-corrected chi connectivity index (χ4v) is 3.76. The van der Waals surface area contributed by atoms with Crippen LogP contribution >= 0.6 is 0 Å². The van der Waals surface area contributed by atoms with E-state index in [2.05, 4.69) is 20.4 Å². The van der Waals surface area contributed by atoms with E-state index in [0.717, 1.165) is 43.6 Å². The molecule has 8 nitrogen and oxygen atoms in total. The van der Waals surface area contributed by atoms with Gasteiger partial charge in [-0.1, -0.05) is 12.1 Å². The van der Waals surface area contributed by atoms with Gasteiger partial charge in [-0.05, 0) is 43.9 Å². The van der Waals surface area contributed by atoms with Crippen LogP contribution < -0.4 is 14.8 Å². The first-order chi connectivity index (χ1) is 15.0. The molecule has 1 N–H and O–H groups in total. The highest BCUT2D eigenvalue weighted by Gasteiger charge is 2.26. The van der Waals surface area contributed by atoms with Gasteiger partial charge in [0.15, 0.2) is 5.82 Å². The Hall–Kier alpha value is -3.49. The Morgan fingerprint density at radius 1 is 1.16 bits per heavy atom. The number of amides is 1. The van der Waals surface area contributed by atoms with Gasteiger partial charge in [-0.25, -0.2) is 14.4 Å². The summed E-state index contributed by atoms with van der Waals surface area (Å²) in [5.74, 6) is 0.0428. The summed E-state index contributed by atoms with van der Waals surface area (Å²) >= 11 is 0. The van der Waals surface area contributed by atoms with Gasteiger partial charge in [0.05, 0.1) is 25.2 Å². The first-order valence-electron chi connectivity index (χ1n) is 10.2. The van der Waals surface area contributed by atoms with E-state index in [1.165, 1.54) is 0 Å². The minimum atomic E-state index is -0.497. The maximum absolute atomic E-state index is 12.9. The SMILES string of the molecule is COc1ccccc1-c1cc(C(=O)NC2CCC(Oc3ncc(F)cn3)CC2)n(C)n1. The Morgan fingerprint density at radius 2 is 1.87 bits per heavy atom. The molecule has 4 rings (SSSR count). The van der Waals surface area contributed by atoms with Crippen LogP contribution in [0.4, 0.5) is 4.39 Å². The maximum Gasteiger partial charge on any atom is 0.316 e. The third kappa shape index (κ3) is 4.82. The van der Waals surface area contributed by atoms with Crippen molar-refractivity contribution in [2.24, 2.45) is 7.05 Å². The molecule has 1 saturated carbocycles. The van der Waals surface area contributed by atoms with Crippen molar-refractivity contribution < 1.29 is 18.7 Å². The molecule has 0 spiro atoms. The minimum absolute atomic E-state index is 0.0473. The minimum Gasteiger partial charge on any atom is -0.496 e. The summed E-state index contributed by atoms with van der Waals surface area (Å²) in [4.78, 5) is 20.5. The Morgan fingerprint density at radius 3 is 2.58 bits per heavy atom. The first-order valence-corrected chi connectivity index (χ1v) is 10.2. The zero-order valence-corrected chi connectivity index (χ0v) is 17.4. The molecule has 1 aliphatic rings. The second kappa shape index (κ2) is 9.11. The van der Waals surface area contributed by atoms with E-state index in [1.807, 2.05) is 24.3 Å². The van der Waals surface area contributed by atoms with Crippen LogP contribution in [-0.2, 0) is 7.05 Å². The summed E-state index contributed by atoms with van der Waals surface area (Å²) in [5.41, 5.74) is 2.00. The predicted octanol–water partition coefficient (Wildman–Crippen LogP) is 3.14. The average Bonchev–Trinajstić information content (AvgIpc) is 3.18.